The Hall–Kier alpha value is -1.30. The molecule has 0 aromatic carbocycles. The number of likely N-dealkylation sites (tertiary alicyclic amines) is 1. The zero-order valence-electron chi connectivity index (χ0n) is 9.83. The fourth-order valence-corrected chi connectivity index (χ4v) is 2.08. The third-order valence-corrected chi connectivity index (χ3v) is 2.92. The third kappa shape index (κ3) is 3.59. The lowest BCUT2D eigenvalue weighted by Gasteiger charge is -2.23. The van der Waals surface area contributed by atoms with Gasteiger partial charge in [-0.25, -0.2) is 0 Å². The van der Waals surface area contributed by atoms with Crippen LogP contribution in [0.25, 0.3) is 0 Å². The van der Waals surface area contributed by atoms with Crippen LogP contribution in [0.2, 0.25) is 0 Å². The van der Waals surface area contributed by atoms with Crippen molar-refractivity contribution in [2.45, 2.75) is 25.8 Å². The Morgan fingerprint density at radius 3 is 3.00 bits per heavy atom. The van der Waals surface area contributed by atoms with E-state index in [1.807, 2.05) is 6.92 Å². The average molecular weight is 255 g/mol. The summed E-state index contributed by atoms with van der Waals surface area (Å²) in [6.45, 7) is 2.84. The van der Waals surface area contributed by atoms with Gasteiger partial charge < -0.3 is 10.6 Å². The molecule has 17 heavy (non-hydrogen) atoms. The van der Waals surface area contributed by atoms with E-state index in [9.17, 15) is 9.59 Å². The number of hydrogen-bond donors (Lipinski definition) is 1. The standard InChI is InChI=1S/C11H17N3O2S/c1-2-9(11(12)16)14-7-8(5-10(14)15)6-13-3-4-17/h4,6,8-9H,2-3,5,7H2,1H3,(H2,12,16)/t8?,9-/m0/s1. The molecule has 1 aliphatic heterocycles. The zero-order valence-corrected chi connectivity index (χ0v) is 10.7. The van der Waals surface area contributed by atoms with E-state index in [-0.39, 0.29) is 11.8 Å². The molecule has 1 unspecified atom stereocenters. The number of nitrogens with zero attached hydrogens (tertiary/aromatic N) is 2. The van der Waals surface area contributed by atoms with Gasteiger partial charge in [0.15, 0.2) is 0 Å². The number of thiocarbonyl (C=S) groups is 1. The summed E-state index contributed by atoms with van der Waals surface area (Å²) in [6.07, 6.45) is 2.68. The van der Waals surface area contributed by atoms with Crippen LogP contribution in [-0.2, 0) is 9.59 Å². The van der Waals surface area contributed by atoms with Gasteiger partial charge in [0.1, 0.15) is 6.04 Å². The molecule has 0 aromatic heterocycles. The van der Waals surface area contributed by atoms with Crippen molar-refractivity contribution in [2.75, 3.05) is 13.1 Å². The van der Waals surface area contributed by atoms with E-state index in [0.717, 1.165) is 0 Å². The van der Waals surface area contributed by atoms with Gasteiger partial charge in [-0.15, -0.1) is 0 Å². The molecule has 0 bridgehead atoms. The fourth-order valence-electron chi connectivity index (χ4n) is 1.99. The summed E-state index contributed by atoms with van der Waals surface area (Å²) >= 11 is 4.66. The maximum absolute atomic E-state index is 11.8. The molecule has 0 saturated carbocycles. The van der Waals surface area contributed by atoms with Crippen molar-refractivity contribution in [1.29, 1.82) is 0 Å². The topological polar surface area (TPSA) is 75.8 Å². The fraction of sp³-hybridized carbons (Fsp3) is 0.636. The molecule has 1 saturated heterocycles. The lowest BCUT2D eigenvalue weighted by molar-refractivity contribution is -0.136. The second-order valence-corrected chi connectivity index (χ2v) is 4.35. The van der Waals surface area contributed by atoms with Gasteiger partial charge in [-0.2, -0.15) is 0 Å². The van der Waals surface area contributed by atoms with E-state index in [0.29, 0.717) is 25.9 Å². The highest BCUT2D eigenvalue weighted by atomic mass is 32.1. The minimum Gasteiger partial charge on any atom is -0.368 e. The largest absolute Gasteiger partial charge is 0.368 e. The number of amides is 2. The molecular weight excluding hydrogens is 238 g/mol. The Balaban J connectivity index is 2.63. The van der Waals surface area contributed by atoms with E-state index in [1.165, 1.54) is 5.37 Å². The first kappa shape index (κ1) is 13.8. The van der Waals surface area contributed by atoms with Crippen molar-refractivity contribution >= 4 is 35.6 Å². The van der Waals surface area contributed by atoms with Crippen molar-refractivity contribution in [3.8, 4) is 0 Å². The van der Waals surface area contributed by atoms with E-state index in [1.54, 1.807) is 11.1 Å². The summed E-state index contributed by atoms with van der Waals surface area (Å²) in [5.74, 6) is -0.419. The summed E-state index contributed by atoms with van der Waals surface area (Å²) < 4.78 is 0. The SMILES string of the molecule is CC[C@@H](C(N)=O)N1CC(C=NCC=S)CC1=O. The predicted molar refractivity (Wildman–Crippen MR) is 70.1 cm³/mol. The molecule has 1 aliphatic rings. The number of carbonyl (C=O) groups excluding carboxylic acids is 2. The summed E-state index contributed by atoms with van der Waals surface area (Å²) in [5.41, 5.74) is 5.27. The van der Waals surface area contributed by atoms with Crippen LogP contribution in [0.4, 0.5) is 0 Å². The maximum atomic E-state index is 11.8. The van der Waals surface area contributed by atoms with E-state index < -0.39 is 11.9 Å². The van der Waals surface area contributed by atoms with Crippen molar-refractivity contribution in [3.63, 3.8) is 0 Å². The number of hydrogen-bond acceptors (Lipinski definition) is 4. The quantitative estimate of drug-likeness (QED) is 0.543. The van der Waals surface area contributed by atoms with Gasteiger partial charge in [0.2, 0.25) is 11.8 Å². The smallest absolute Gasteiger partial charge is 0.240 e. The van der Waals surface area contributed by atoms with E-state index >= 15 is 0 Å². The highest BCUT2D eigenvalue weighted by Crippen LogP contribution is 2.20. The highest BCUT2D eigenvalue weighted by Gasteiger charge is 2.35. The third-order valence-electron chi connectivity index (χ3n) is 2.78. The molecular formula is C11H17N3O2S. The first-order valence-electron chi connectivity index (χ1n) is 5.62. The Bertz CT molecular complexity index is 344. The Labute approximate surface area is 106 Å². The van der Waals surface area contributed by atoms with Crippen molar-refractivity contribution in [1.82, 2.24) is 4.90 Å². The summed E-state index contributed by atoms with van der Waals surface area (Å²) in [5, 5.41) is 1.53. The van der Waals surface area contributed by atoms with E-state index in [2.05, 4.69) is 17.2 Å². The average Bonchev–Trinajstić information content (AvgIpc) is 2.61. The minimum atomic E-state index is -0.494. The monoisotopic (exact) mass is 255 g/mol. The summed E-state index contributed by atoms with van der Waals surface area (Å²) in [4.78, 5) is 28.6. The van der Waals surface area contributed by atoms with Crippen molar-refractivity contribution < 1.29 is 9.59 Å². The van der Waals surface area contributed by atoms with Crippen LogP contribution in [0.5, 0.6) is 0 Å². The molecule has 1 fully saturated rings. The molecule has 2 amide bonds. The second-order valence-electron chi connectivity index (χ2n) is 4.02. The maximum Gasteiger partial charge on any atom is 0.240 e. The Morgan fingerprint density at radius 2 is 2.47 bits per heavy atom. The molecule has 2 atom stereocenters. The van der Waals surface area contributed by atoms with Gasteiger partial charge in [-0.1, -0.05) is 19.1 Å². The van der Waals surface area contributed by atoms with Crippen LogP contribution < -0.4 is 5.73 Å². The number of carbonyl (C=O) groups is 2. The molecule has 0 spiro atoms. The number of aliphatic imine (C=N–C) groups is 1. The normalized spacial score (nSPS) is 22.1. The second kappa shape index (κ2) is 6.44. The van der Waals surface area contributed by atoms with Gasteiger partial charge in [0.25, 0.3) is 0 Å². The van der Waals surface area contributed by atoms with Crippen molar-refractivity contribution in [3.05, 3.63) is 0 Å². The molecule has 0 aromatic rings. The van der Waals surface area contributed by atoms with Gasteiger partial charge in [-0.3, -0.25) is 14.6 Å². The van der Waals surface area contributed by atoms with E-state index in [4.69, 9.17) is 5.73 Å². The van der Waals surface area contributed by atoms with Gasteiger partial charge in [0.05, 0.1) is 6.54 Å². The summed E-state index contributed by atoms with van der Waals surface area (Å²) in [6, 6.07) is -0.494. The lowest BCUT2D eigenvalue weighted by atomic mass is 10.1. The molecule has 0 aliphatic carbocycles. The first-order chi connectivity index (χ1) is 8.10. The molecule has 6 heteroatoms. The number of nitrogens with two attached hydrogens (primary N) is 1. The van der Waals surface area contributed by atoms with Crippen molar-refractivity contribution in [2.24, 2.45) is 16.6 Å². The predicted octanol–water partition coefficient (Wildman–Crippen LogP) is 0.169. The van der Waals surface area contributed by atoms with Crippen LogP contribution in [0.15, 0.2) is 4.99 Å². The molecule has 1 rings (SSSR count). The molecule has 2 N–H and O–H groups in total. The van der Waals surface area contributed by atoms with Crippen LogP contribution >= 0.6 is 12.2 Å². The Morgan fingerprint density at radius 1 is 1.76 bits per heavy atom. The minimum absolute atomic E-state index is 0.0329. The van der Waals surface area contributed by atoms with Gasteiger partial charge in [0, 0.05) is 30.5 Å². The Kier molecular flexibility index (Phi) is 5.21. The van der Waals surface area contributed by atoms with Crippen LogP contribution in [0, 0.1) is 5.92 Å². The summed E-state index contributed by atoms with van der Waals surface area (Å²) in [7, 11) is 0. The first-order valence-corrected chi connectivity index (χ1v) is 6.09. The highest BCUT2D eigenvalue weighted by molar-refractivity contribution is 7.79. The molecule has 1 heterocycles. The molecule has 5 nitrogen and oxygen atoms in total. The van der Waals surface area contributed by atoms with Crippen LogP contribution in [-0.4, -0.2) is 47.4 Å². The van der Waals surface area contributed by atoms with Gasteiger partial charge >= 0.3 is 0 Å². The van der Waals surface area contributed by atoms with Crippen LogP contribution in [0.1, 0.15) is 19.8 Å². The number of rotatable bonds is 6. The number of primary amides is 1. The van der Waals surface area contributed by atoms with Gasteiger partial charge in [-0.05, 0) is 6.42 Å². The molecule has 0 radical (unpaired) electrons. The van der Waals surface area contributed by atoms with Crippen LogP contribution in [0.3, 0.4) is 0 Å². The lowest BCUT2D eigenvalue weighted by Crippen LogP contribution is -2.45. The zero-order chi connectivity index (χ0) is 12.8. The molecule has 94 valence electrons.